The van der Waals surface area contributed by atoms with Crippen molar-refractivity contribution in [3.63, 3.8) is 0 Å². The lowest BCUT2D eigenvalue weighted by Gasteiger charge is -2.13. The number of non-ortho nitro benzene ring substituents is 1. The molecule has 2 aromatic rings. The second-order valence-corrected chi connectivity index (χ2v) is 6.66. The van der Waals surface area contributed by atoms with Crippen LogP contribution in [0.2, 0.25) is 0 Å². The Kier molecular flexibility index (Phi) is 5.27. The molecule has 1 aromatic heterocycles. The molecule has 0 spiro atoms. The third-order valence-electron chi connectivity index (χ3n) is 3.22. The van der Waals surface area contributed by atoms with Gasteiger partial charge in [0.05, 0.1) is 11.3 Å². The predicted molar refractivity (Wildman–Crippen MR) is 87.2 cm³/mol. The first-order chi connectivity index (χ1) is 10.4. The largest absolute Gasteiger partial charge is 0.353 e. The maximum absolute atomic E-state index is 12.0. The summed E-state index contributed by atoms with van der Waals surface area (Å²) in [7, 11) is 0. The Morgan fingerprint density at radius 3 is 2.50 bits per heavy atom. The van der Waals surface area contributed by atoms with Crippen molar-refractivity contribution in [2.75, 3.05) is 0 Å². The van der Waals surface area contributed by atoms with Crippen LogP contribution in [0.5, 0.6) is 0 Å². The molecule has 1 aromatic carbocycles. The molecule has 0 aliphatic carbocycles. The van der Waals surface area contributed by atoms with Crippen molar-refractivity contribution < 1.29 is 9.72 Å². The molecule has 0 saturated heterocycles. The second-order valence-electron chi connectivity index (χ2n) is 5.29. The van der Waals surface area contributed by atoms with Crippen molar-refractivity contribution in [2.24, 2.45) is 0 Å². The summed E-state index contributed by atoms with van der Waals surface area (Å²) in [6, 6.07) is 10.3. The van der Waals surface area contributed by atoms with E-state index in [4.69, 9.17) is 0 Å². The minimum absolute atomic E-state index is 0.0330. The molecule has 0 aliphatic rings. The fourth-order valence-electron chi connectivity index (χ4n) is 2.19. The first kappa shape index (κ1) is 16.2. The maximum atomic E-state index is 12.0. The van der Waals surface area contributed by atoms with Crippen molar-refractivity contribution in [1.29, 1.82) is 0 Å². The molecular weight excluding hydrogens is 300 g/mol. The van der Waals surface area contributed by atoms with Gasteiger partial charge in [0.25, 0.3) is 5.69 Å². The first-order valence-electron chi connectivity index (χ1n) is 7.02. The zero-order valence-electron chi connectivity index (χ0n) is 12.5. The highest BCUT2D eigenvalue weighted by Gasteiger charge is 2.11. The number of carbonyl (C=O) groups excluding carboxylic acids is 1. The third kappa shape index (κ3) is 4.66. The van der Waals surface area contributed by atoms with Gasteiger partial charge in [0.1, 0.15) is 0 Å². The van der Waals surface area contributed by atoms with Crippen LogP contribution in [0.25, 0.3) is 0 Å². The molecule has 1 N–H and O–H groups in total. The Labute approximate surface area is 133 Å². The van der Waals surface area contributed by atoms with Crippen LogP contribution in [0.3, 0.4) is 0 Å². The lowest BCUT2D eigenvalue weighted by molar-refractivity contribution is -0.384. The molecule has 0 saturated carbocycles. The van der Waals surface area contributed by atoms with Gasteiger partial charge < -0.3 is 5.32 Å². The second kappa shape index (κ2) is 7.17. The average molecular weight is 318 g/mol. The Morgan fingerprint density at radius 2 is 1.95 bits per heavy atom. The fraction of sp³-hybridized carbons (Fsp3) is 0.312. The van der Waals surface area contributed by atoms with E-state index >= 15 is 0 Å². The number of thiophene rings is 1. The van der Waals surface area contributed by atoms with E-state index in [2.05, 4.69) is 24.4 Å². The fourth-order valence-corrected chi connectivity index (χ4v) is 3.21. The molecule has 22 heavy (non-hydrogen) atoms. The van der Waals surface area contributed by atoms with Gasteiger partial charge in [-0.2, -0.15) is 0 Å². The lowest BCUT2D eigenvalue weighted by atomic mass is 10.1. The van der Waals surface area contributed by atoms with Crippen LogP contribution >= 0.6 is 11.3 Å². The molecule has 0 fully saturated rings. The molecule has 0 radical (unpaired) electrons. The van der Waals surface area contributed by atoms with Crippen LogP contribution < -0.4 is 5.32 Å². The van der Waals surface area contributed by atoms with E-state index in [0.717, 1.165) is 12.0 Å². The Bertz CT molecular complexity index is 664. The quantitative estimate of drug-likeness (QED) is 0.656. The number of nitro groups is 1. The highest BCUT2D eigenvalue weighted by Crippen LogP contribution is 2.17. The van der Waals surface area contributed by atoms with Gasteiger partial charge in [-0.1, -0.05) is 12.1 Å². The highest BCUT2D eigenvalue weighted by atomic mass is 32.1. The number of rotatable bonds is 6. The minimum Gasteiger partial charge on any atom is -0.353 e. The van der Waals surface area contributed by atoms with Gasteiger partial charge in [0.2, 0.25) is 5.91 Å². The Balaban J connectivity index is 1.85. The van der Waals surface area contributed by atoms with Gasteiger partial charge in [-0.3, -0.25) is 14.9 Å². The van der Waals surface area contributed by atoms with E-state index < -0.39 is 4.92 Å². The van der Waals surface area contributed by atoms with E-state index in [-0.39, 0.29) is 24.1 Å². The molecule has 5 nitrogen and oxygen atoms in total. The van der Waals surface area contributed by atoms with Crippen LogP contribution in [-0.4, -0.2) is 16.9 Å². The number of benzene rings is 1. The van der Waals surface area contributed by atoms with Gasteiger partial charge in [0.15, 0.2) is 0 Å². The van der Waals surface area contributed by atoms with Crippen LogP contribution in [0.15, 0.2) is 36.4 Å². The number of amides is 1. The normalized spacial score (nSPS) is 11.9. The highest BCUT2D eigenvalue weighted by molar-refractivity contribution is 7.11. The van der Waals surface area contributed by atoms with E-state index in [1.165, 1.54) is 21.9 Å². The molecule has 6 heteroatoms. The zero-order valence-corrected chi connectivity index (χ0v) is 13.4. The molecule has 2 rings (SSSR count). The Hall–Kier alpha value is -2.21. The van der Waals surface area contributed by atoms with Crippen LogP contribution in [-0.2, 0) is 17.6 Å². The number of nitrogens with one attached hydrogen (secondary N) is 1. The smallest absolute Gasteiger partial charge is 0.269 e. The van der Waals surface area contributed by atoms with Gasteiger partial charge in [-0.05, 0) is 31.5 Å². The lowest BCUT2D eigenvalue weighted by Crippen LogP contribution is -2.34. The number of aryl methyl sites for hydroxylation is 1. The van der Waals surface area contributed by atoms with E-state index in [1.54, 1.807) is 23.5 Å². The number of hydrogen-bond acceptors (Lipinski definition) is 4. The molecule has 1 amide bonds. The molecule has 0 unspecified atom stereocenters. The van der Waals surface area contributed by atoms with Crippen LogP contribution in [0.1, 0.15) is 22.2 Å². The van der Waals surface area contributed by atoms with E-state index in [0.29, 0.717) is 0 Å². The number of hydrogen-bond donors (Lipinski definition) is 1. The van der Waals surface area contributed by atoms with Gasteiger partial charge >= 0.3 is 0 Å². The number of carbonyl (C=O) groups is 1. The predicted octanol–water partition coefficient (Wildman–Crippen LogP) is 3.25. The number of nitro benzene ring substituents is 1. The zero-order chi connectivity index (χ0) is 16.1. The van der Waals surface area contributed by atoms with Gasteiger partial charge in [-0.15, -0.1) is 11.3 Å². The number of nitrogens with zero attached hydrogens (tertiary/aromatic N) is 1. The summed E-state index contributed by atoms with van der Waals surface area (Å²) >= 11 is 1.74. The monoisotopic (exact) mass is 318 g/mol. The molecule has 116 valence electrons. The molecule has 1 heterocycles. The van der Waals surface area contributed by atoms with Gasteiger partial charge in [0, 0.05) is 34.3 Å². The third-order valence-corrected chi connectivity index (χ3v) is 4.25. The molecular formula is C16H18N2O3S. The SMILES string of the molecule is Cc1ccc(C[C@@H](C)NC(=O)Cc2ccc([N+](=O)[O-])cc2)s1. The molecule has 1 atom stereocenters. The maximum Gasteiger partial charge on any atom is 0.269 e. The van der Waals surface area contributed by atoms with E-state index in [1.807, 2.05) is 6.92 Å². The minimum atomic E-state index is -0.449. The summed E-state index contributed by atoms with van der Waals surface area (Å²) in [4.78, 5) is 24.6. The first-order valence-corrected chi connectivity index (χ1v) is 7.83. The summed E-state index contributed by atoms with van der Waals surface area (Å²) in [6.07, 6.45) is 1.04. The standard InChI is InChI=1S/C16H18N2O3S/c1-11(9-15-8-3-12(2)22-15)17-16(19)10-13-4-6-14(7-5-13)18(20)21/h3-8,11H,9-10H2,1-2H3,(H,17,19)/t11-/m1/s1. The summed E-state index contributed by atoms with van der Waals surface area (Å²) in [5, 5.41) is 13.5. The van der Waals surface area contributed by atoms with Crippen molar-refractivity contribution in [3.05, 3.63) is 61.8 Å². The summed E-state index contributed by atoms with van der Waals surface area (Å²) < 4.78 is 0. The summed E-state index contributed by atoms with van der Waals surface area (Å²) in [5.41, 5.74) is 0.799. The molecule has 0 bridgehead atoms. The van der Waals surface area contributed by atoms with Crippen LogP contribution in [0.4, 0.5) is 5.69 Å². The van der Waals surface area contributed by atoms with Crippen molar-refractivity contribution in [3.8, 4) is 0 Å². The van der Waals surface area contributed by atoms with Crippen molar-refractivity contribution in [1.82, 2.24) is 5.32 Å². The van der Waals surface area contributed by atoms with Crippen LogP contribution in [0, 0.1) is 17.0 Å². The average Bonchev–Trinajstić information content (AvgIpc) is 2.84. The van der Waals surface area contributed by atoms with Crippen molar-refractivity contribution >= 4 is 22.9 Å². The Morgan fingerprint density at radius 1 is 1.27 bits per heavy atom. The topological polar surface area (TPSA) is 72.2 Å². The summed E-state index contributed by atoms with van der Waals surface area (Å²) in [6.45, 7) is 4.04. The van der Waals surface area contributed by atoms with Gasteiger partial charge in [-0.25, -0.2) is 0 Å². The molecule has 0 aliphatic heterocycles. The van der Waals surface area contributed by atoms with Crippen molar-refractivity contribution in [2.45, 2.75) is 32.7 Å². The summed E-state index contributed by atoms with van der Waals surface area (Å²) in [5.74, 6) is -0.0744. The van der Waals surface area contributed by atoms with E-state index in [9.17, 15) is 14.9 Å².